The molecule has 0 aliphatic rings. The quantitative estimate of drug-likeness (QED) is 0.570. The molecule has 1 aromatic heterocycles. The van der Waals surface area contributed by atoms with Crippen LogP contribution in [0.4, 0.5) is 10.8 Å². The third-order valence-electron chi connectivity index (χ3n) is 4.13. The molecule has 0 bridgehead atoms. The van der Waals surface area contributed by atoms with E-state index >= 15 is 0 Å². The van der Waals surface area contributed by atoms with E-state index in [4.69, 9.17) is 16.3 Å². The molecule has 8 nitrogen and oxygen atoms in total. The van der Waals surface area contributed by atoms with Gasteiger partial charge >= 0.3 is 0 Å². The fourth-order valence-corrected chi connectivity index (χ4v) is 3.76. The van der Waals surface area contributed by atoms with Gasteiger partial charge in [-0.25, -0.2) is 8.42 Å². The Morgan fingerprint density at radius 3 is 2.37 bits per heavy atom. The Kier molecular flexibility index (Phi) is 6.59. The standard InChI is InChI=1S/C19H19ClN4O4S2/c1-12(28-16-10-8-15(9-11-16)24(2)30(3,26)27)17(25)21-19-23-22-18(29-19)13-4-6-14(20)7-5-13/h4-12H,1-3H3,(H,21,23,25)/t12-/m1/s1. The van der Waals surface area contributed by atoms with Gasteiger partial charge in [-0.05, 0) is 43.3 Å². The first-order chi connectivity index (χ1) is 14.1. The summed E-state index contributed by atoms with van der Waals surface area (Å²) >= 11 is 7.12. The zero-order valence-corrected chi connectivity index (χ0v) is 18.8. The Labute approximate surface area is 183 Å². The summed E-state index contributed by atoms with van der Waals surface area (Å²) in [5.41, 5.74) is 1.34. The van der Waals surface area contributed by atoms with Crippen molar-refractivity contribution in [3.8, 4) is 16.3 Å². The van der Waals surface area contributed by atoms with Gasteiger partial charge in [0.05, 0.1) is 11.9 Å². The number of ether oxygens (including phenoxy) is 1. The lowest BCUT2D eigenvalue weighted by Gasteiger charge is -2.18. The monoisotopic (exact) mass is 466 g/mol. The summed E-state index contributed by atoms with van der Waals surface area (Å²) in [6, 6.07) is 13.6. The maximum absolute atomic E-state index is 12.4. The fraction of sp³-hybridized carbons (Fsp3) is 0.211. The first-order valence-electron chi connectivity index (χ1n) is 8.74. The van der Waals surface area contributed by atoms with Crippen LogP contribution in [0.25, 0.3) is 10.6 Å². The molecule has 1 N–H and O–H groups in total. The topological polar surface area (TPSA) is 101 Å². The van der Waals surface area contributed by atoms with Crippen molar-refractivity contribution < 1.29 is 17.9 Å². The molecule has 0 radical (unpaired) electrons. The average Bonchev–Trinajstić information content (AvgIpc) is 3.16. The molecule has 2 aromatic carbocycles. The molecule has 0 saturated carbocycles. The first kappa shape index (κ1) is 22.0. The molecule has 0 saturated heterocycles. The van der Waals surface area contributed by atoms with Gasteiger partial charge in [-0.15, -0.1) is 10.2 Å². The Hall–Kier alpha value is -2.69. The number of aromatic nitrogens is 2. The van der Waals surface area contributed by atoms with E-state index in [0.29, 0.717) is 26.6 Å². The van der Waals surface area contributed by atoms with Crippen LogP contribution in [0.1, 0.15) is 6.92 Å². The number of anilines is 2. The second kappa shape index (κ2) is 8.99. The van der Waals surface area contributed by atoms with Crippen molar-refractivity contribution in [2.24, 2.45) is 0 Å². The second-order valence-corrected chi connectivity index (χ2v) is 9.82. The highest BCUT2D eigenvalue weighted by molar-refractivity contribution is 7.92. The number of nitrogens with zero attached hydrogens (tertiary/aromatic N) is 3. The van der Waals surface area contributed by atoms with Crippen molar-refractivity contribution in [2.45, 2.75) is 13.0 Å². The van der Waals surface area contributed by atoms with Gasteiger partial charge < -0.3 is 4.74 Å². The number of carbonyl (C=O) groups excluding carboxylic acids is 1. The van der Waals surface area contributed by atoms with E-state index in [1.807, 2.05) is 12.1 Å². The first-order valence-corrected chi connectivity index (χ1v) is 11.8. The maximum atomic E-state index is 12.4. The van der Waals surface area contributed by atoms with Crippen LogP contribution in [0.2, 0.25) is 5.02 Å². The predicted octanol–water partition coefficient (Wildman–Crippen LogP) is 3.66. The molecule has 1 atom stereocenters. The number of halogens is 1. The number of carbonyl (C=O) groups is 1. The zero-order chi connectivity index (χ0) is 21.9. The van der Waals surface area contributed by atoms with E-state index in [2.05, 4.69) is 15.5 Å². The molecular weight excluding hydrogens is 448 g/mol. The van der Waals surface area contributed by atoms with E-state index in [9.17, 15) is 13.2 Å². The normalized spacial score (nSPS) is 12.3. The highest BCUT2D eigenvalue weighted by Gasteiger charge is 2.18. The van der Waals surface area contributed by atoms with Gasteiger partial charge in [0.1, 0.15) is 10.8 Å². The minimum Gasteiger partial charge on any atom is -0.481 e. The molecule has 11 heteroatoms. The SMILES string of the molecule is C[C@@H](Oc1ccc(N(C)S(C)(=O)=O)cc1)C(=O)Nc1nnc(-c2ccc(Cl)cc2)s1. The number of nitrogens with one attached hydrogen (secondary N) is 1. The third kappa shape index (κ3) is 5.47. The van der Waals surface area contributed by atoms with Crippen LogP contribution in [0.5, 0.6) is 5.75 Å². The maximum Gasteiger partial charge on any atom is 0.266 e. The molecule has 158 valence electrons. The van der Waals surface area contributed by atoms with E-state index < -0.39 is 16.1 Å². The summed E-state index contributed by atoms with van der Waals surface area (Å²) in [7, 11) is -1.89. The summed E-state index contributed by atoms with van der Waals surface area (Å²) in [5.74, 6) is 0.0496. The average molecular weight is 467 g/mol. The fourth-order valence-electron chi connectivity index (χ4n) is 2.37. The third-order valence-corrected chi connectivity index (χ3v) is 6.47. The largest absolute Gasteiger partial charge is 0.481 e. The highest BCUT2D eigenvalue weighted by Crippen LogP contribution is 2.27. The van der Waals surface area contributed by atoms with Gasteiger partial charge in [0.2, 0.25) is 15.2 Å². The molecule has 1 amide bonds. The lowest BCUT2D eigenvalue weighted by molar-refractivity contribution is -0.122. The zero-order valence-electron chi connectivity index (χ0n) is 16.4. The summed E-state index contributed by atoms with van der Waals surface area (Å²) in [4.78, 5) is 12.4. The van der Waals surface area contributed by atoms with Crippen LogP contribution in [0.15, 0.2) is 48.5 Å². The van der Waals surface area contributed by atoms with Crippen LogP contribution in [0, 0.1) is 0 Å². The Morgan fingerprint density at radius 1 is 1.13 bits per heavy atom. The van der Waals surface area contributed by atoms with Crippen LogP contribution in [0.3, 0.4) is 0 Å². The molecule has 0 spiro atoms. The number of rotatable bonds is 7. The van der Waals surface area contributed by atoms with Crippen molar-refractivity contribution in [2.75, 3.05) is 22.9 Å². The van der Waals surface area contributed by atoms with Crippen molar-refractivity contribution in [3.63, 3.8) is 0 Å². The number of amides is 1. The molecular formula is C19H19ClN4O4S2. The van der Waals surface area contributed by atoms with E-state index in [1.165, 1.54) is 18.4 Å². The Morgan fingerprint density at radius 2 is 1.77 bits per heavy atom. The van der Waals surface area contributed by atoms with Gasteiger partial charge in [0.15, 0.2) is 6.10 Å². The van der Waals surface area contributed by atoms with Gasteiger partial charge in [0.25, 0.3) is 5.91 Å². The van der Waals surface area contributed by atoms with Gasteiger partial charge in [-0.2, -0.15) is 0 Å². The van der Waals surface area contributed by atoms with Crippen molar-refractivity contribution in [1.82, 2.24) is 10.2 Å². The van der Waals surface area contributed by atoms with Crippen molar-refractivity contribution in [3.05, 3.63) is 53.6 Å². The Bertz CT molecular complexity index is 1130. The number of hydrogen-bond donors (Lipinski definition) is 1. The minimum absolute atomic E-state index is 0.352. The lowest BCUT2D eigenvalue weighted by Crippen LogP contribution is -2.30. The summed E-state index contributed by atoms with van der Waals surface area (Å²) in [6.45, 7) is 1.60. The molecule has 30 heavy (non-hydrogen) atoms. The van der Waals surface area contributed by atoms with Crippen molar-refractivity contribution >= 4 is 49.7 Å². The summed E-state index contributed by atoms with van der Waals surface area (Å²) < 4.78 is 30.0. The molecule has 3 rings (SSSR count). The van der Waals surface area contributed by atoms with Crippen LogP contribution in [-0.2, 0) is 14.8 Å². The molecule has 1 heterocycles. The number of hydrogen-bond acceptors (Lipinski definition) is 7. The van der Waals surface area contributed by atoms with Gasteiger partial charge in [-0.3, -0.25) is 14.4 Å². The molecule has 0 aliphatic heterocycles. The summed E-state index contributed by atoms with van der Waals surface area (Å²) in [5, 5.41) is 12.4. The van der Waals surface area contributed by atoms with Crippen LogP contribution >= 0.6 is 22.9 Å². The van der Waals surface area contributed by atoms with E-state index in [1.54, 1.807) is 43.3 Å². The van der Waals surface area contributed by atoms with E-state index in [-0.39, 0.29) is 5.91 Å². The van der Waals surface area contributed by atoms with E-state index in [0.717, 1.165) is 16.1 Å². The lowest BCUT2D eigenvalue weighted by atomic mass is 10.2. The summed E-state index contributed by atoms with van der Waals surface area (Å²) in [6.07, 6.45) is 0.321. The van der Waals surface area contributed by atoms with Gasteiger partial charge in [-0.1, -0.05) is 35.1 Å². The van der Waals surface area contributed by atoms with Crippen molar-refractivity contribution in [1.29, 1.82) is 0 Å². The molecule has 0 unspecified atom stereocenters. The Balaban J connectivity index is 1.60. The van der Waals surface area contributed by atoms with Crippen LogP contribution in [-0.4, -0.2) is 43.9 Å². The smallest absolute Gasteiger partial charge is 0.266 e. The highest BCUT2D eigenvalue weighted by atomic mass is 35.5. The van der Waals surface area contributed by atoms with Gasteiger partial charge in [0, 0.05) is 17.6 Å². The second-order valence-electron chi connectivity index (χ2n) is 6.39. The number of benzene rings is 2. The molecule has 0 aliphatic carbocycles. The van der Waals surface area contributed by atoms with Crippen LogP contribution < -0.4 is 14.4 Å². The number of sulfonamides is 1. The minimum atomic E-state index is -3.35. The predicted molar refractivity (Wildman–Crippen MR) is 119 cm³/mol. The molecule has 3 aromatic rings. The molecule has 0 fully saturated rings.